The Morgan fingerprint density at radius 1 is 1.00 bits per heavy atom. The van der Waals surface area contributed by atoms with Crippen LogP contribution in [0.25, 0.3) is 6.08 Å². The summed E-state index contributed by atoms with van der Waals surface area (Å²) in [5.41, 5.74) is 2.60. The van der Waals surface area contributed by atoms with Crippen LogP contribution in [0.5, 0.6) is 0 Å². The third-order valence-corrected chi connectivity index (χ3v) is 7.52. The van der Waals surface area contributed by atoms with E-state index in [-0.39, 0.29) is 5.41 Å². The lowest BCUT2D eigenvalue weighted by atomic mass is 9.75. The molecule has 0 unspecified atom stereocenters. The number of sulfonamides is 1. The summed E-state index contributed by atoms with van der Waals surface area (Å²) in [6.07, 6.45) is 6.09. The molecule has 3 nitrogen and oxygen atoms in total. The van der Waals surface area contributed by atoms with E-state index in [9.17, 15) is 8.42 Å². The third kappa shape index (κ3) is 2.55. The molecule has 0 atom stereocenters. The van der Waals surface area contributed by atoms with E-state index in [2.05, 4.69) is 52.3 Å². The fourth-order valence-electron chi connectivity index (χ4n) is 3.77. The molecular weight excluding hydrogens is 386 g/mol. The van der Waals surface area contributed by atoms with E-state index >= 15 is 0 Å². The molecular formula is C19H18BrNO2S. The molecule has 24 heavy (non-hydrogen) atoms. The van der Waals surface area contributed by atoms with Crippen LogP contribution in [0.1, 0.15) is 24.0 Å². The summed E-state index contributed by atoms with van der Waals surface area (Å²) in [6, 6.07) is 15.4. The van der Waals surface area contributed by atoms with Crippen molar-refractivity contribution >= 4 is 32.0 Å². The van der Waals surface area contributed by atoms with Crippen LogP contribution in [0.15, 0.2) is 64.0 Å². The normalized spacial score (nSPS) is 19.5. The Hall–Kier alpha value is -1.43. The first-order valence-electron chi connectivity index (χ1n) is 8.06. The monoisotopic (exact) mass is 403 g/mol. The van der Waals surface area contributed by atoms with Crippen LogP contribution in [0.4, 0.5) is 0 Å². The topological polar surface area (TPSA) is 37.4 Å². The van der Waals surface area contributed by atoms with Crippen molar-refractivity contribution in [3.63, 3.8) is 0 Å². The minimum Gasteiger partial charge on any atom is -0.207 e. The molecule has 2 aromatic rings. The highest BCUT2D eigenvalue weighted by Gasteiger charge is 2.40. The number of rotatable bonds is 2. The zero-order chi connectivity index (χ0) is 16.8. The van der Waals surface area contributed by atoms with Gasteiger partial charge in [0.2, 0.25) is 10.0 Å². The second kappa shape index (κ2) is 5.83. The predicted molar refractivity (Wildman–Crippen MR) is 99.3 cm³/mol. The average Bonchev–Trinajstić information content (AvgIpc) is 2.94. The van der Waals surface area contributed by atoms with Gasteiger partial charge >= 0.3 is 0 Å². The molecule has 0 N–H and O–H groups in total. The number of hydrogen-bond acceptors (Lipinski definition) is 2. The first kappa shape index (κ1) is 16.1. The predicted octanol–water partition coefficient (Wildman–Crippen LogP) is 4.20. The lowest BCUT2D eigenvalue weighted by Gasteiger charge is -2.38. The highest BCUT2D eigenvalue weighted by Crippen LogP contribution is 2.44. The SMILES string of the molecule is O=S(=O)(c1cccc(Br)c1)N1CCC2(C=Cc3ccccc32)CC1. The molecule has 2 aromatic carbocycles. The summed E-state index contributed by atoms with van der Waals surface area (Å²) in [6.45, 7) is 1.10. The fourth-order valence-corrected chi connectivity index (χ4v) is 5.81. The van der Waals surface area contributed by atoms with Crippen molar-refractivity contribution in [2.24, 2.45) is 0 Å². The van der Waals surface area contributed by atoms with Gasteiger partial charge in [0.15, 0.2) is 0 Å². The van der Waals surface area contributed by atoms with E-state index in [4.69, 9.17) is 0 Å². The van der Waals surface area contributed by atoms with Gasteiger partial charge in [0, 0.05) is 23.0 Å². The van der Waals surface area contributed by atoms with E-state index in [0.717, 1.165) is 17.3 Å². The van der Waals surface area contributed by atoms with Gasteiger partial charge in [0.25, 0.3) is 0 Å². The van der Waals surface area contributed by atoms with Gasteiger partial charge in [-0.25, -0.2) is 8.42 Å². The summed E-state index contributed by atoms with van der Waals surface area (Å²) < 4.78 is 28.2. The maximum absolute atomic E-state index is 12.9. The van der Waals surface area contributed by atoms with Gasteiger partial charge in [-0.2, -0.15) is 4.31 Å². The maximum Gasteiger partial charge on any atom is 0.243 e. The third-order valence-electron chi connectivity index (χ3n) is 5.13. The van der Waals surface area contributed by atoms with E-state index in [1.54, 1.807) is 22.5 Å². The zero-order valence-corrected chi connectivity index (χ0v) is 15.6. The Bertz CT molecular complexity index is 912. The first-order chi connectivity index (χ1) is 11.5. The summed E-state index contributed by atoms with van der Waals surface area (Å²) in [5.74, 6) is 0. The molecule has 0 amide bonds. The van der Waals surface area contributed by atoms with Gasteiger partial charge in [0.05, 0.1) is 4.90 Å². The summed E-state index contributed by atoms with van der Waals surface area (Å²) in [5, 5.41) is 0. The number of fused-ring (bicyclic) bond motifs is 2. The first-order valence-corrected chi connectivity index (χ1v) is 10.3. The number of benzene rings is 2. The highest BCUT2D eigenvalue weighted by atomic mass is 79.9. The van der Waals surface area contributed by atoms with Crippen molar-refractivity contribution in [2.45, 2.75) is 23.2 Å². The average molecular weight is 404 g/mol. The van der Waals surface area contributed by atoms with E-state index in [1.165, 1.54) is 11.1 Å². The standard InChI is InChI=1S/C19H18BrNO2S/c20-16-5-3-6-17(14-16)24(22,23)21-12-10-19(11-13-21)9-8-15-4-1-2-7-18(15)19/h1-9,14H,10-13H2. The van der Waals surface area contributed by atoms with Gasteiger partial charge in [-0.05, 0) is 42.2 Å². The smallest absolute Gasteiger partial charge is 0.207 e. The molecule has 5 heteroatoms. The van der Waals surface area contributed by atoms with E-state index in [0.29, 0.717) is 18.0 Å². The molecule has 1 aliphatic heterocycles. The second-order valence-electron chi connectivity index (χ2n) is 6.44. The van der Waals surface area contributed by atoms with E-state index in [1.807, 2.05) is 6.07 Å². The molecule has 0 aromatic heterocycles. The summed E-state index contributed by atoms with van der Waals surface area (Å²) in [7, 11) is -3.43. The fraction of sp³-hybridized carbons (Fsp3) is 0.263. The minimum absolute atomic E-state index is 0.000115. The number of hydrogen-bond donors (Lipinski definition) is 0. The van der Waals surface area contributed by atoms with Crippen LogP contribution in [-0.2, 0) is 15.4 Å². The second-order valence-corrected chi connectivity index (χ2v) is 9.29. The molecule has 1 fully saturated rings. The largest absolute Gasteiger partial charge is 0.243 e. The van der Waals surface area contributed by atoms with Crippen LogP contribution in [0.2, 0.25) is 0 Å². The van der Waals surface area contributed by atoms with Crippen molar-refractivity contribution in [2.75, 3.05) is 13.1 Å². The van der Waals surface area contributed by atoms with Crippen molar-refractivity contribution in [1.29, 1.82) is 0 Å². The Morgan fingerprint density at radius 3 is 2.50 bits per heavy atom. The number of nitrogens with zero attached hydrogens (tertiary/aromatic N) is 1. The van der Waals surface area contributed by atoms with Crippen LogP contribution in [-0.4, -0.2) is 25.8 Å². The van der Waals surface area contributed by atoms with E-state index < -0.39 is 10.0 Å². The molecule has 4 rings (SSSR count). The Balaban J connectivity index is 1.58. The molecule has 2 aliphatic rings. The lowest BCUT2D eigenvalue weighted by Crippen LogP contribution is -2.43. The van der Waals surface area contributed by atoms with Crippen LogP contribution >= 0.6 is 15.9 Å². The number of piperidine rings is 1. The highest BCUT2D eigenvalue weighted by molar-refractivity contribution is 9.10. The maximum atomic E-state index is 12.9. The lowest BCUT2D eigenvalue weighted by molar-refractivity contribution is 0.274. The van der Waals surface area contributed by atoms with Crippen molar-refractivity contribution in [1.82, 2.24) is 4.31 Å². The van der Waals surface area contributed by atoms with Gasteiger partial charge in [0.1, 0.15) is 0 Å². The molecule has 1 saturated heterocycles. The zero-order valence-electron chi connectivity index (χ0n) is 13.2. The Labute approximate surface area is 151 Å². The van der Waals surface area contributed by atoms with Gasteiger partial charge < -0.3 is 0 Å². The van der Waals surface area contributed by atoms with Crippen LogP contribution in [0.3, 0.4) is 0 Å². The Morgan fingerprint density at radius 2 is 1.75 bits per heavy atom. The van der Waals surface area contributed by atoms with Gasteiger partial charge in [-0.15, -0.1) is 0 Å². The molecule has 0 radical (unpaired) electrons. The summed E-state index contributed by atoms with van der Waals surface area (Å²) >= 11 is 3.35. The van der Waals surface area contributed by atoms with Crippen molar-refractivity contribution in [3.05, 3.63) is 70.2 Å². The van der Waals surface area contributed by atoms with Gasteiger partial charge in [-0.3, -0.25) is 0 Å². The quantitative estimate of drug-likeness (QED) is 0.753. The van der Waals surface area contributed by atoms with Crippen LogP contribution in [0, 0.1) is 0 Å². The summed E-state index contributed by atoms with van der Waals surface area (Å²) in [4.78, 5) is 0.357. The number of allylic oxidation sites excluding steroid dienone is 1. The van der Waals surface area contributed by atoms with Crippen molar-refractivity contribution < 1.29 is 8.42 Å². The van der Waals surface area contributed by atoms with Crippen molar-refractivity contribution in [3.8, 4) is 0 Å². The molecule has 1 aliphatic carbocycles. The molecule has 0 bridgehead atoms. The molecule has 1 heterocycles. The minimum atomic E-state index is -3.43. The molecule has 124 valence electrons. The molecule has 1 spiro atoms. The number of halogens is 1. The Kier molecular flexibility index (Phi) is 3.90. The van der Waals surface area contributed by atoms with Crippen LogP contribution < -0.4 is 0 Å². The van der Waals surface area contributed by atoms with Gasteiger partial charge in [-0.1, -0.05) is 58.4 Å². The molecule has 0 saturated carbocycles.